The Kier molecular flexibility index (Phi) is 4.18. The van der Waals surface area contributed by atoms with Crippen molar-refractivity contribution >= 4 is 17.8 Å². The van der Waals surface area contributed by atoms with Crippen LogP contribution in [-0.2, 0) is 0 Å². The van der Waals surface area contributed by atoms with E-state index in [1.54, 1.807) is 36.4 Å². The van der Waals surface area contributed by atoms with E-state index in [9.17, 15) is 14.9 Å². The van der Waals surface area contributed by atoms with E-state index in [1.165, 1.54) is 18.3 Å². The summed E-state index contributed by atoms with van der Waals surface area (Å²) in [5.41, 5.74) is 3.36. The van der Waals surface area contributed by atoms with Crippen LogP contribution in [0.2, 0.25) is 0 Å². The molecule has 100 valence electrons. The molecule has 2 aromatic carbocycles. The van der Waals surface area contributed by atoms with Gasteiger partial charge in [-0.25, -0.2) is 5.43 Å². The van der Waals surface area contributed by atoms with E-state index in [4.69, 9.17) is 0 Å². The van der Waals surface area contributed by atoms with Gasteiger partial charge in [0.2, 0.25) is 0 Å². The first kappa shape index (κ1) is 13.4. The molecule has 6 heteroatoms. The molecule has 0 saturated heterocycles. The summed E-state index contributed by atoms with van der Waals surface area (Å²) in [6, 6.07) is 14.6. The van der Waals surface area contributed by atoms with Crippen molar-refractivity contribution in [3.63, 3.8) is 0 Å². The van der Waals surface area contributed by atoms with Gasteiger partial charge in [0, 0.05) is 23.3 Å². The van der Waals surface area contributed by atoms with E-state index in [-0.39, 0.29) is 11.6 Å². The second-order valence-corrected chi connectivity index (χ2v) is 3.92. The third-order valence-electron chi connectivity index (χ3n) is 2.50. The number of nitrogens with zero attached hydrogens (tertiary/aromatic N) is 2. The molecular formula is C14H11N3O3. The fourth-order valence-electron chi connectivity index (χ4n) is 1.54. The number of rotatable bonds is 4. The molecule has 1 N–H and O–H groups in total. The van der Waals surface area contributed by atoms with Crippen LogP contribution < -0.4 is 5.43 Å². The third kappa shape index (κ3) is 3.49. The van der Waals surface area contributed by atoms with Gasteiger partial charge in [-0.1, -0.05) is 30.3 Å². The topological polar surface area (TPSA) is 84.6 Å². The number of non-ortho nitro benzene ring substituents is 1. The van der Waals surface area contributed by atoms with Crippen LogP contribution in [0.15, 0.2) is 59.7 Å². The molecule has 0 bridgehead atoms. The number of hydrogen-bond donors (Lipinski definition) is 1. The van der Waals surface area contributed by atoms with Crippen LogP contribution in [0.4, 0.5) is 5.69 Å². The largest absolute Gasteiger partial charge is 0.271 e. The SMILES string of the molecule is O=C(N/N=C\c1cccc([N+](=O)[O-])c1)c1ccccc1. The predicted octanol–water partition coefficient (Wildman–Crippen LogP) is 2.36. The minimum Gasteiger partial charge on any atom is -0.267 e. The summed E-state index contributed by atoms with van der Waals surface area (Å²) in [4.78, 5) is 21.8. The van der Waals surface area contributed by atoms with Crippen molar-refractivity contribution in [1.29, 1.82) is 0 Å². The molecule has 1 amide bonds. The van der Waals surface area contributed by atoms with E-state index < -0.39 is 4.92 Å². The monoisotopic (exact) mass is 269 g/mol. The number of hydrazone groups is 1. The molecule has 6 nitrogen and oxygen atoms in total. The second-order valence-electron chi connectivity index (χ2n) is 3.92. The highest BCUT2D eigenvalue weighted by Gasteiger charge is 2.04. The average Bonchev–Trinajstić information content (AvgIpc) is 2.48. The van der Waals surface area contributed by atoms with Crippen molar-refractivity contribution in [1.82, 2.24) is 5.43 Å². The lowest BCUT2D eigenvalue weighted by Gasteiger charge is -1.98. The fourth-order valence-corrected chi connectivity index (χ4v) is 1.54. The van der Waals surface area contributed by atoms with Crippen molar-refractivity contribution in [2.24, 2.45) is 5.10 Å². The summed E-state index contributed by atoms with van der Waals surface area (Å²) in [7, 11) is 0. The van der Waals surface area contributed by atoms with Gasteiger partial charge < -0.3 is 0 Å². The van der Waals surface area contributed by atoms with E-state index in [2.05, 4.69) is 10.5 Å². The van der Waals surface area contributed by atoms with Crippen molar-refractivity contribution in [3.05, 3.63) is 75.8 Å². The Morgan fingerprint density at radius 2 is 1.90 bits per heavy atom. The zero-order valence-electron chi connectivity index (χ0n) is 10.4. The number of amides is 1. The third-order valence-corrected chi connectivity index (χ3v) is 2.50. The van der Waals surface area contributed by atoms with Crippen LogP contribution >= 0.6 is 0 Å². The lowest BCUT2D eigenvalue weighted by molar-refractivity contribution is -0.384. The number of hydrogen-bond acceptors (Lipinski definition) is 4. The Morgan fingerprint density at radius 1 is 1.15 bits per heavy atom. The van der Waals surface area contributed by atoms with Crippen molar-refractivity contribution < 1.29 is 9.72 Å². The van der Waals surface area contributed by atoms with Crippen LogP contribution in [0.5, 0.6) is 0 Å². The summed E-state index contributed by atoms with van der Waals surface area (Å²) in [6.07, 6.45) is 1.36. The molecule has 0 unspecified atom stereocenters. The molecule has 0 atom stereocenters. The molecule has 0 heterocycles. The van der Waals surface area contributed by atoms with Gasteiger partial charge in [0.25, 0.3) is 11.6 Å². The van der Waals surface area contributed by atoms with Crippen molar-refractivity contribution in [2.45, 2.75) is 0 Å². The molecule has 20 heavy (non-hydrogen) atoms. The highest BCUT2D eigenvalue weighted by Crippen LogP contribution is 2.11. The summed E-state index contributed by atoms with van der Waals surface area (Å²) < 4.78 is 0. The smallest absolute Gasteiger partial charge is 0.267 e. The average molecular weight is 269 g/mol. The second kappa shape index (κ2) is 6.24. The first-order valence-electron chi connectivity index (χ1n) is 5.80. The van der Waals surface area contributed by atoms with Gasteiger partial charge in [0.05, 0.1) is 11.1 Å². The molecular weight excluding hydrogens is 258 g/mol. The maximum absolute atomic E-state index is 11.7. The van der Waals surface area contributed by atoms with Crippen LogP contribution in [0.1, 0.15) is 15.9 Å². The van der Waals surface area contributed by atoms with Crippen molar-refractivity contribution in [2.75, 3.05) is 0 Å². The standard InChI is InChI=1S/C14H11N3O3/c18-14(12-6-2-1-3-7-12)16-15-10-11-5-4-8-13(9-11)17(19)20/h1-10H,(H,16,18)/b15-10-. The lowest BCUT2D eigenvalue weighted by Crippen LogP contribution is -2.17. The Hall–Kier alpha value is -3.02. The Balaban J connectivity index is 2.02. The zero-order valence-corrected chi connectivity index (χ0v) is 10.4. The first-order chi connectivity index (χ1) is 9.66. The molecule has 0 aliphatic rings. The van der Waals surface area contributed by atoms with E-state index in [0.29, 0.717) is 11.1 Å². The van der Waals surface area contributed by atoms with Crippen molar-refractivity contribution in [3.8, 4) is 0 Å². The zero-order chi connectivity index (χ0) is 14.4. The van der Waals surface area contributed by atoms with Gasteiger partial charge in [0.15, 0.2) is 0 Å². The number of benzene rings is 2. The molecule has 0 radical (unpaired) electrons. The van der Waals surface area contributed by atoms with Crippen LogP contribution in [0.3, 0.4) is 0 Å². The van der Waals surface area contributed by atoms with E-state index in [1.807, 2.05) is 6.07 Å². The van der Waals surface area contributed by atoms with E-state index in [0.717, 1.165) is 0 Å². The number of carbonyl (C=O) groups is 1. The maximum atomic E-state index is 11.7. The molecule has 0 aromatic heterocycles. The normalized spacial score (nSPS) is 10.4. The number of nitro groups is 1. The summed E-state index contributed by atoms with van der Waals surface area (Å²) in [6.45, 7) is 0. The maximum Gasteiger partial charge on any atom is 0.271 e. The lowest BCUT2D eigenvalue weighted by atomic mass is 10.2. The summed E-state index contributed by atoms with van der Waals surface area (Å²) in [5, 5.41) is 14.4. The highest BCUT2D eigenvalue weighted by atomic mass is 16.6. The fraction of sp³-hybridized carbons (Fsp3) is 0. The van der Waals surface area contributed by atoms with E-state index >= 15 is 0 Å². The van der Waals surface area contributed by atoms with Gasteiger partial charge in [-0.3, -0.25) is 14.9 Å². The van der Waals surface area contributed by atoms with Gasteiger partial charge in [-0.05, 0) is 12.1 Å². The van der Waals surface area contributed by atoms with Gasteiger partial charge in [0.1, 0.15) is 0 Å². The number of carbonyl (C=O) groups excluding carboxylic acids is 1. The van der Waals surface area contributed by atoms with Crippen LogP contribution in [0, 0.1) is 10.1 Å². The summed E-state index contributed by atoms with van der Waals surface area (Å²) >= 11 is 0. The number of nitro benzene ring substituents is 1. The Morgan fingerprint density at radius 3 is 2.60 bits per heavy atom. The predicted molar refractivity (Wildman–Crippen MR) is 74.6 cm³/mol. The molecule has 0 spiro atoms. The first-order valence-corrected chi connectivity index (χ1v) is 5.80. The Bertz CT molecular complexity index is 654. The molecule has 0 aliphatic heterocycles. The molecule has 0 saturated carbocycles. The number of nitrogens with one attached hydrogen (secondary N) is 1. The molecule has 0 aliphatic carbocycles. The van der Waals surface area contributed by atoms with Gasteiger partial charge >= 0.3 is 0 Å². The van der Waals surface area contributed by atoms with Crippen LogP contribution in [-0.4, -0.2) is 17.0 Å². The van der Waals surface area contributed by atoms with Gasteiger partial charge in [-0.15, -0.1) is 0 Å². The highest BCUT2D eigenvalue weighted by molar-refractivity contribution is 5.94. The minimum atomic E-state index is -0.486. The Labute approximate surface area is 114 Å². The molecule has 0 fully saturated rings. The van der Waals surface area contributed by atoms with Crippen LogP contribution in [0.25, 0.3) is 0 Å². The summed E-state index contributed by atoms with van der Waals surface area (Å²) in [5.74, 6) is -0.340. The quantitative estimate of drug-likeness (QED) is 0.525. The minimum absolute atomic E-state index is 0.0247. The van der Waals surface area contributed by atoms with Gasteiger partial charge in [-0.2, -0.15) is 5.10 Å². The molecule has 2 aromatic rings. The molecule has 2 rings (SSSR count).